The van der Waals surface area contributed by atoms with Crippen molar-refractivity contribution in [3.8, 4) is 0 Å². The van der Waals surface area contributed by atoms with Crippen molar-refractivity contribution >= 4 is 6.03 Å². The van der Waals surface area contributed by atoms with Crippen LogP contribution in [-0.4, -0.2) is 30.1 Å². The summed E-state index contributed by atoms with van der Waals surface area (Å²) >= 11 is 0. The first-order valence-corrected chi connectivity index (χ1v) is 6.33. The molecule has 15 heavy (non-hydrogen) atoms. The summed E-state index contributed by atoms with van der Waals surface area (Å²) in [4.78, 5) is 13.8. The molecule has 88 valence electrons. The summed E-state index contributed by atoms with van der Waals surface area (Å²) in [5.41, 5.74) is 0. The van der Waals surface area contributed by atoms with Gasteiger partial charge in [0.25, 0.3) is 0 Å². The second-order valence-electron chi connectivity index (χ2n) is 4.42. The van der Waals surface area contributed by atoms with Crippen molar-refractivity contribution in [3.63, 3.8) is 0 Å². The Labute approximate surface area is 93.2 Å². The number of urea groups is 1. The van der Waals surface area contributed by atoms with Gasteiger partial charge in [0, 0.05) is 19.1 Å². The van der Waals surface area contributed by atoms with Gasteiger partial charge in [-0.2, -0.15) is 0 Å². The lowest BCUT2D eigenvalue weighted by molar-refractivity contribution is 0.193. The van der Waals surface area contributed by atoms with Crippen molar-refractivity contribution in [1.82, 2.24) is 10.2 Å². The van der Waals surface area contributed by atoms with Crippen LogP contribution in [0.15, 0.2) is 0 Å². The summed E-state index contributed by atoms with van der Waals surface area (Å²) < 4.78 is 0. The number of hydrogen-bond acceptors (Lipinski definition) is 1. The fourth-order valence-electron chi connectivity index (χ4n) is 2.19. The van der Waals surface area contributed by atoms with Gasteiger partial charge in [0.15, 0.2) is 0 Å². The fourth-order valence-corrected chi connectivity index (χ4v) is 2.19. The third-order valence-electron chi connectivity index (χ3n) is 2.96. The Bertz CT molecular complexity index is 182. The van der Waals surface area contributed by atoms with Crippen molar-refractivity contribution in [1.29, 1.82) is 0 Å². The molecule has 0 aromatic heterocycles. The van der Waals surface area contributed by atoms with Gasteiger partial charge in [0.1, 0.15) is 0 Å². The molecule has 0 aromatic carbocycles. The van der Waals surface area contributed by atoms with E-state index in [1.54, 1.807) is 0 Å². The smallest absolute Gasteiger partial charge is 0.317 e. The van der Waals surface area contributed by atoms with Crippen LogP contribution >= 0.6 is 0 Å². The molecule has 1 aliphatic carbocycles. The molecule has 0 spiro atoms. The average molecular weight is 212 g/mol. The molecule has 3 heteroatoms. The van der Waals surface area contributed by atoms with Crippen LogP contribution in [0.3, 0.4) is 0 Å². The predicted octanol–water partition coefficient (Wildman–Crippen LogP) is 2.76. The SMILES string of the molecule is CCCN(CCC)C(=O)NC1CCCC1. The quantitative estimate of drug-likeness (QED) is 0.746. The van der Waals surface area contributed by atoms with E-state index in [4.69, 9.17) is 0 Å². The molecule has 0 bridgehead atoms. The van der Waals surface area contributed by atoms with E-state index in [9.17, 15) is 4.79 Å². The van der Waals surface area contributed by atoms with E-state index in [-0.39, 0.29) is 6.03 Å². The second-order valence-corrected chi connectivity index (χ2v) is 4.42. The first-order valence-electron chi connectivity index (χ1n) is 6.33. The van der Waals surface area contributed by atoms with E-state index >= 15 is 0 Å². The summed E-state index contributed by atoms with van der Waals surface area (Å²) in [6.45, 7) is 6.00. The standard InChI is InChI=1S/C12H24N2O/c1-3-9-14(10-4-2)12(15)13-11-7-5-6-8-11/h11H,3-10H2,1-2H3,(H,13,15). The van der Waals surface area contributed by atoms with E-state index in [1.165, 1.54) is 12.8 Å². The van der Waals surface area contributed by atoms with Gasteiger partial charge in [0.05, 0.1) is 0 Å². The van der Waals surface area contributed by atoms with E-state index in [0.29, 0.717) is 6.04 Å². The lowest BCUT2D eigenvalue weighted by Crippen LogP contribution is -2.44. The maximum Gasteiger partial charge on any atom is 0.317 e. The van der Waals surface area contributed by atoms with Crippen molar-refractivity contribution < 1.29 is 4.79 Å². The lowest BCUT2D eigenvalue weighted by atomic mass is 10.2. The highest BCUT2D eigenvalue weighted by Crippen LogP contribution is 2.17. The molecule has 1 fully saturated rings. The molecular weight excluding hydrogens is 188 g/mol. The molecular formula is C12H24N2O. The highest BCUT2D eigenvalue weighted by Gasteiger charge is 2.19. The largest absolute Gasteiger partial charge is 0.335 e. The van der Waals surface area contributed by atoms with Crippen LogP contribution in [0, 0.1) is 0 Å². The number of carbonyl (C=O) groups excluding carboxylic acids is 1. The van der Waals surface area contributed by atoms with E-state index in [0.717, 1.165) is 38.8 Å². The highest BCUT2D eigenvalue weighted by molar-refractivity contribution is 5.74. The van der Waals surface area contributed by atoms with Crippen molar-refractivity contribution in [2.24, 2.45) is 0 Å². The van der Waals surface area contributed by atoms with E-state index in [2.05, 4.69) is 19.2 Å². The zero-order chi connectivity index (χ0) is 11.1. The first-order chi connectivity index (χ1) is 7.27. The minimum Gasteiger partial charge on any atom is -0.335 e. The Kier molecular flexibility index (Phi) is 5.51. The van der Waals surface area contributed by atoms with Crippen LogP contribution in [0.4, 0.5) is 4.79 Å². The zero-order valence-electron chi connectivity index (χ0n) is 10.1. The minimum atomic E-state index is 0.144. The number of nitrogens with one attached hydrogen (secondary N) is 1. The van der Waals surface area contributed by atoms with Crippen LogP contribution in [0.1, 0.15) is 52.4 Å². The van der Waals surface area contributed by atoms with Gasteiger partial charge in [-0.25, -0.2) is 4.79 Å². The number of amides is 2. The number of hydrogen-bond donors (Lipinski definition) is 1. The Morgan fingerprint density at radius 1 is 1.20 bits per heavy atom. The summed E-state index contributed by atoms with van der Waals surface area (Å²) in [6.07, 6.45) is 6.95. The number of nitrogens with zero attached hydrogens (tertiary/aromatic N) is 1. The molecule has 1 aliphatic rings. The summed E-state index contributed by atoms with van der Waals surface area (Å²) in [6, 6.07) is 0.583. The molecule has 2 amide bonds. The molecule has 0 aliphatic heterocycles. The monoisotopic (exact) mass is 212 g/mol. The topological polar surface area (TPSA) is 32.3 Å². The minimum absolute atomic E-state index is 0.144. The summed E-state index contributed by atoms with van der Waals surface area (Å²) in [5, 5.41) is 3.14. The van der Waals surface area contributed by atoms with Crippen LogP contribution in [-0.2, 0) is 0 Å². The third kappa shape index (κ3) is 4.10. The molecule has 1 N–H and O–H groups in total. The van der Waals surface area contributed by atoms with Crippen molar-refractivity contribution in [2.75, 3.05) is 13.1 Å². The van der Waals surface area contributed by atoms with Gasteiger partial charge in [-0.05, 0) is 25.7 Å². The molecule has 0 aromatic rings. The third-order valence-corrected chi connectivity index (χ3v) is 2.96. The Morgan fingerprint density at radius 2 is 1.73 bits per heavy atom. The Balaban J connectivity index is 2.33. The molecule has 1 rings (SSSR count). The predicted molar refractivity (Wildman–Crippen MR) is 62.9 cm³/mol. The average Bonchev–Trinajstić information content (AvgIpc) is 2.70. The summed E-state index contributed by atoms with van der Waals surface area (Å²) in [7, 11) is 0. The van der Waals surface area contributed by atoms with Crippen LogP contribution in [0.5, 0.6) is 0 Å². The van der Waals surface area contributed by atoms with E-state index < -0.39 is 0 Å². The van der Waals surface area contributed by atoms with Crippen LogP contribution in [0.2, 0.25) is 0 Å². The molecule has 0 heterocycles. The fraction of sp³-hybridized carbons (Fsp3) is 0.917. The Hall–Kier alpha value is -0.730. The zero-order valence-corrected chi connectivity index (χ0v) is 10.1. The van der Waals surface area contributed by atoms with E-state index in [1.807, 2.05) is 4.90 Å². The molecule has 3 nitrogen and oxygen atoms in total. The maximum atomic E-state index is 11.9. The van der Waals surface area contributed by atoms with Crippen molar-refractivity contribution in [2.45, 2.75) is 58.4 Å². The normalized spacial score (nSPS) is 16.7. The number of rotatable bonds is 5. The Morgan fingerprint density at radius 3 is 2.20 bits per heavy atom. The van der Waals surface area contributed by atoms with Crippen LogP contribution in [0.25, 0.3) is 0 Å². The molecule has 0 radical (unpaired) electrons. The van der Waals surface area contributed by atoms with Gasteiger partial charge >= 0.3 is 6.03 Å². The molecule has 0 saturated heterocycles. The molecule has 0 unspecified atom stereocenters. The lowest BCUT2D eigenvalue weighted by Gasteiger charge is -2.24. The maximum absolute atomic E-state index is 11.9. The second kappa shape index (κ2) is 6.70. The van der Waals surface area contributed by atoms with Gasteiger partial charge in [0.2, 0.25) is 0 Å². The van der Waals surface area contributed by atoms with Gasteiger partial charge in [-0.3, -0.25) is 0 Å². The van der Waals surface area contributed by atoms with Gasteiger partial charge in [-0.15, -0.1) is 0 Å². The molecule has 1 saturated carbocycles. The highest BCUT2D eigenvalue weighted by atomic mass is 16.2. The summed E-state index contributed by atoms with van der Waals surface area (Å²) in [5.74, 6) is 0. The van der Waals surface area contributed by atoms with Crippen LogP contribution < -0.4 is 5.32 Å². The first kappa shape index (κ1) is 12.3. The van der Waals surface area contributed by atoms with Crippen molar-refractivity contribution in [3.05, 3.63) is 0 Å². The number of carbonyl (C=O) groups is 1. The van der Waals surface area contributed by atoms with Gasteiger partial charge in [-0.1, -0.05) is 26.7 Å². The molecule has 0 atom stereocenters. The van der Waals surface area contributed by atoms with Gasteiger partial charge < -0.3 is 10.2 Å².